The molecule has 3 heterocycles. The molecule has 3 saturated heterocycles. The third-order valence-corrected chi connectivity index (χ3v) is 3.51. The monoisotopic (exact) mass is 224 g/mol. The minimum atomic E-state index is 0.326. The molecule has 0 radical (unpaired) electrons. The van der Waals surface area contributed by atoms with Gasteiger partial charge in [-0.15, -0.1) is 0 Å². The van der Waals surface area contributed by atoms with E-state index in [0.717, 1.165) is 39.3 Å². The second-order valence-electron chi connectivity index (χ2n) is 4.71. The number of nitrogens with one attached hydrogen (secondary N) is 3. The molecule has 0 aromatic heterocycles. The third kappa shape index (κ3) is 2.11. The van der Waals surface area contributed by atoms with Crippen molar-refractivity contribution < 1.29 is 0 Å². The molecule has 0 bridgehead atoms. The van der Waals surface area contributed by atoms with E-state index in [2.05, 4.69) is 31.0 Å². The highest BCUT2D eigenvalue weighted by Crippen LogP contribution is 2.12. The van der Waals surface area contributed by atoms with E-state index in [4.69, 9.17) is 0 Å². The van der Waals surface area contributed by atoms with Gasteiger partial charge in [0.05, 0.1) is 0 Å². The van der Waals surface area contributed by atoms with Crippen LogP contribution in [0.15, 0.2) is 0 Å². The smallest absolute Gasteiger partial charge is 0.263 e. The number of hydrazine groups is 3. The van der Waals surface area contributed by atoms with E-state index in [9.17, 15) is 0 Å². The van der Waals surface area contributed by atoms with Gasteiger partial charge >= 0.3 is 7.12 Å². The lowest BCUT2D eigenvalue weighted by molar-refractivity contribution is 0.236. The Morgan fingerprint density at radius 1 is 0.625 bits per heavy atom. The van der Waals surface area contributed by atoms with E-state index in [1.165, 1.54) is 19.3 Å². The van der Waals surface area contributed by atoms with Gasteiger partial charge in [0.1, 0.15) is 0 Å². The van der Waals surface area contributed by atoms with Crippen LogP contribution in [0.5, 0.6) is 0 Å². The Labute approximate surface area is 97.4 Å². The maximum Gasteiger partial charge on any atom is 0.446 e. The largest absolute Gasteiger partial charge is 0.446 e. The molecular weight excluding hydrogens is 203 g/mol. The first-order valence-corrected chi connectivity index (χ1v) is 6.45. The van der Waals surface area contributed by atoms with Crippen molar-refractivity contribution in [3.05, 3.63) is 0 Å². The molecule has 3 aliphatic heterocycles. The number of nitrogens with zero attached hydrogens (tertiary/aromatic N) is 3. The summed E-state index contributed by atoms with van der Waals surface area (Å²) in [6, 6.07) is 0. The molecule has 0 atom stereocenters. The van der Waals surface area contributed by atoms with Crippen molar-refractivity contribution in [1.82, 2.24) is 31.0 Å². The highest BCUT2D eigenvalue weighted by atomic mass is 15.7. The summed E-state index contributed by atoms with van der Waals surface area (Å²) >= 11 is 0. The Morgan fingerprint density at radius 3 is 1.25 bits per heavy atom. The summed E-state index contributed by atoms with van der Waals surface area (Å²) in [7, 11) is 0.326. The van der Waals surface area contributed by atoms with Gasteiger partial charge in [-0.1, -0.05) is 0 Å². The molecule has 0 amide bonds. The minimum Gasteiger partial charge on any atom is -0.263 e. The zero-order valence-corrected chi connectivity index (χ0v) is 9.78. The quantitative estimate of drug-likeness (QED) is 0.513. The first-order chi connectivity index (χ1) is 7.95. The minimum absolute atomic E-state index is 0.326. The maximum absolute atomic E-state index is 3.48. The van der Waals surface area contributed by atoms with Crippen molar-refractivity contribution in [3.63, 3.8) is 0 Å². The van der Waals surface area contributed by atoms with E-state index in [-0.39, 0.29) is 0 Å². The molecule has 6 nitrogen and oxygen atoms in total. The van der Waals surface area contributed by atoms with Crippen LogP contribution in [-0.4, -0.2) is 61.1 Å². The average molecular weight is 224 g/mol. The Kier molecular flexibility index (Phi) is 3.42. The fourth-order valence-corrected chi connectivity index (χ4v) is 2.75. The molecular formula is C9H21BN6. The zero-order chi connectivity index (χ0) is 10.8. The second-order valence-corrected chi connectivity index (χ2v) is 4.71. The van der Waals surface area contributed by atoms with Crippen molar-refractivity contribution >= 4 is 7.12 Å². The number of rotatable bonds is 3. The molecule has 0 unspecified atom stereocenters. The van der Waals surface area contributed by atoms with Crippen molar-refractivity contribution in [1.29, 1.82) is 0 Å². The molecule has 3 N–H and O–H groups in total. The molecule has 7 heteroatoms. The first-order valence-electron chi connectivity index (χ1n) is 6.45. The predicted octanol–water partition coefficient (Wildman–Crippen LogP) is -1.40. The summed E-state index contributed by atoms with van der Waals surface area (Å²) in [5.41, 5.74) is 10.4. The standard InChI is InChI=1S/C9H21BN6/c1-4-11-14(7-1)10(15-8-2-5-12-15)16-9-3-6-13-16/h11-13H,1-9H2. The van der Waals surface area contributed by atoms with Gasteiger partial charge in [0.25, 0.3) is 0 Å². The molecule has 3 rings (SSSR count). The maximum atomic E-state index is 3.48. The van der Waals surface area contributed by atoms with E-state index in [0.29, 0.717) is 7.12 Å². The summed E-state index contributed by atoms with van der Waals surface area (Å²) in [4.78, 5) is 7.07. The fourth-order valence-electron chi connectivity index (χ4n) is 2.75. The lowest BCUT2D eigenvalue weighted by atomic mass is 9.89. The first kappa shape index (κ1) is 10.9. The van der Waals surface area contributed by atoms with Gasteiger partial charge < -0.3 is 0 Å². The molecule has 0 saturated carbocycles. The van der Waals surface area contributed by atoms with Crippen molar-refractivity contribution in [2.75, 3.05) is 39.3 Å². The van der Waals surface area contributed by atoms with E-state index in [1.54, 1.807) is 0 Å². The van der Waals surface area contributed by atoms with Crippen LogP contribution in [0.25, 0.3) is 0 Å². The summed E-state index contributed by atoms with van der Waals surface area (Å²) in [5.74, 6) is 0. The Hall–Kier alpha value is -0.175. The molecule has 0 aromatic carbocycles. The van der Waals surface area contributed by atoms with Gasteiger partial charge in [-0.2, -0.15) is 0 Å². The molecule has 0 spiro atoms. The zero-order valence-electron chi connectivity index (χ0n) is 9.78. The highest BCUT2D eigenvalue weighted by Gasteiger charge is 2.41. The van der Waals surface area contributed by atoms with Crippen LogP contribution in [0.3, 0.4) is 0 Å². The van der Waals surface area contributed by atoms with Gasteiger partial charge in [0.2, 0.25) is 0 Å². The SMILES string of the molecule is C1CNN(B(N2CCCN2)N2CCCN2)C1. The molecule has 3 aliphatic rings. The van der Waals surface area contributed by atoms with Crippen molar-refractivity contribution in [2.24, 2.45) is 0 Å². The van der Waals surface area contributed by atoms with Crippen LogP contribution in [0.4, 0.5) is 0 Å². The van der Waals surface area contributed by atoms with Crippen molar-refractivity contribution in [2.45, 2.75) is 19.3 Å². The lowest BCUT2D eigenvalue weighted by Gasteiger charge is -2.36. The third-order valence-electron chi connectivity index (χ3n) is 3.51. The summed E-state index contributed by atoms with van der Waals surface area (Å²) < 4.78 is 0. The van der Waals surface area contributed by atoms with Crippen LogP contribution in [0.1, 0.15) is 19.3 Å². The fraction of sp³-hybridized carbons (Fsp3) is 1.00. The Morgan fingerprint density at radius 2 is 1.00 bits per heavy atom. The van der Waals surface area contributed by atoms with Crippen LogP contribution >= 0.6 is 0 Å². The van der Waals surface area contributed by atoms with Crippen LogP contribution < -0.4 is 16.3 Å². The van der Waals surface area contributed by atoms with E-state index < -0.39 is 0 Å². The second kappa shape index (κ2) is 4.99. The average Bonchev–Trinajstić information content (AvgIpc) is 3.02. The van der Waals surface area contributed by atoms with Gasteiger partial charge in [-0.25, -0.2) is 14.8 Å². The van der Waals surface area contributed by atoms with Gasteiger partial charge in [0.15, 0.2) is 0 Å². The summed E-state index contributed by atoms with van der Waals surface area (Å²) in [6.07, 6.45) is 3.74. The predicted molar refractivity (Wildman–Crippen MR) is 63.7 cm³/mol. The Balaban J connectivity index is 1.70. The number of hydrogen-bond acceptors (Lipinski definition) is 6. The van der Waals surface area contributed by atoms with Crippen LogP contribution in [-0.2, 0) is 0 Å². The molecule has 16 heavy (non-hydrogen) atoms. The molecule has 3 fully saturated rings. The lowest BCUT2D eigenvalue weighted by Crippen LogP contribution is -2.68. The summed E-state index contributed by atoms with van der Waals surface area (Å²) in [6.45, 7) is 6.75. The van der Waals surface area contributed by atoms with Gasteiger partial charge in [-0.05, 0) is 19.3 Å². The highest BCUT2D eigenvalue weighted by molar-refractivity contribution is 6.49. The van der Waals surface area contributed by atoms with Crippen LogP contribution in [0, 0.1) is 0 Å². The number of hydrogen-bond donors (Lipinski definition) is 3. The molecule has 0 aliphatic carbocycles. The molecule has 90 valence electrons. The summed E-state index contributed by atoms with van der Waals surface area (Å²) in [5, 5.41) is 0. The van der Waals surface area contributed by atoms with Gasteiger partial charge in [-0.3, -0.25) is 16.3 Å². The molecule has 0 aromatic rings. The Bertz CT molecular complexity index is 184. The van der Waals surface area contributed by atoms with Crippen LogP contribution in [0.2, 0.25) is 0 Å². The van der Waals surface area contributed by atoms with E-state index >= 15 is 0 Å². The van der Waals surface area contributed by atoms with Gasteiger partial charge in [0, 0.05) is 39.3 Å². The normalized spacial score (nSPS) is 29.2. The van der Waals surface area contributed by atoms with E-state index in [1.807, 2.05) is 0 Å². The van der Waals surface area contributed by atoms with Crippen molar-refractivity contribution in [3.8, 4) is 0 Å². The topological polar surface area (TPSA) is 45.8 Å².